The van der Waals surface area contributed by atoms with Gasteiger partial charge in [0.1, 0.15) is 0 Å². The van der Waals surface area contributed by atoms with E-state index in [2.05, 4.69) is 17.1 Å². The number of nitrogens with zero attached hydrogens (tertiary/aromatic N) is 1. The van der Waals surface area contributed by atoms with Crippen molar-refractivity contribution in [3.63, 3.8) is 0 Å². The third kappa shape index (κ3) is 1.44. The summed E-state index contributed by atoms with van der Waals surface area (Å²) >= 11 is 0. The van der Waals surface area contributed by atoms with E-state index in [4.69, 9.17) is 10.5 Å². The fourth-order valence-electron chi connectivity index (χ4n) is 2.12. The van der Waals surface area contributed by atoms with Crippen molar-refractivity contribution in [2.45, 2.75) is 18.4 Å². The molecule has 3 rings (SSSR count). The van der Waals surface area contributed by atoms with Gasteiger partial charge in [-0.3, -0.25) is 0 Å². The van der Waals surface area contributed by atoms with Gasteiger partial charge in [-0.2, -0.15) is 0 Å². The van der Waals surface area contributed by atoms with Gasteiger partial charge in [-0.05, 0) is 18.6 Å². The van der Waals surface area contributed by atoms with Crippen LogP contribution in [0.15, 0.2) is 30.3 Å². The molecule has 0 bridgehead atoms. The fourth-order valence-corrected chi connectivity index (χ4v) is 2.12. The first-order chi connectivity index (χ1) is 7.79. The maximum atomic E-state index is 5.88. The molecule has 1 fully saturated rings. The summed E-state index contributed by atoms with van der Waals surface area (Å²) in [5.41, 5.74) is 8.00. The number of nitrogens with two attached hydrogens (primary N) is 1. The van der Waals surface area contributed by atoms with Crippen molar-refractivity contribution in [3.8, 4) is 5.88 Å². The maximum Gasteiger partial charge on any atom is 0.217 e. The monoisotopic (exact) mass is 214 g/mol. The molecule has 82 valence electrons. The standard InChI is InChI=1S/C13H14N2O/c1-16-13-10(9-7-11(9)14)6-8-4-2-3-5-12(8)15-13/h2-6,9,11H,7,14H2,1H3. The third-order valence-corrected chi connectivity index (χ3v) is 3.15. The summed E-state index contributed by atoms with van der Waals surface area (Å²) in [5.74, 6) is 1.14. The van der Waals surface area contributed by atoms with Crippen molar-refractivity contribution in [2.75, 3.05) is 7.11 Å². The Morgan fingerprint density at radius 3 is 2.81 bits per heavy atom. The van der Waals surface area contributed by atoms with Crippen molar-refractivity contribution in [1.82, 2.24) is 4.98 Å². The molecule has 2 N–H and O–H groups in total. The largest absolute Gasteiger partial charge is 0.481 e. The minimum Gasteiger partial charge on any atom is -0.481 e. The Hall–Kier alpha value is -1.61. The zero-order chi connectivity index (χ0) is 11.1. The number of para-hydroxylation sites is 1. The number of ether oxygens (including phenoxy) is 1. The van der Waals surface area contributed by atoms with Crippen LogP contribution in [0.2, 0.25) is 0 Å². The first-order valence-corrected chi connectivity index (χ1v) is 5.49. The summed E-state index contributed by atoms with van der Waals surface area (Å²) in [5, 5.41) is 1.15. The van der Waals surface area contributed by atoms with Crippen LogP contribution < -0.4 is 10.5 Å². The summed E-state index contributed by atoms with van der Waals surface area (Å²) in [6.45, 7) is 0. The van der Waals surface area contributed by atoms with Crippen molar-refractivity contribution >= 4 is 10.9 Å². The van der Waals surface area contributed by atoms with E-state index >= 15 is 0 Å². The van der Waals surface area contributed by atoms with Crippen LogP contribution in [-0.2, 0) is 0 Å². The smallest absolute Gasteiger partial charge is 0.217 e. The number of benzene rings is 1. The molecule has 3 heteroatoms. The number of aromatic nitrogens is 1. The number of fused-ring (bicyclic) bond motifs is 1. The van der Waals surface area contributed by atoms with Gasteiger partial charge >= 0.3 is 0 Å². The van der Waals surface area contributed by atoms with Crippen LogP contribution in [0.5, 0.6) is 5.88 Å². The minimum atomic E-state index is 0.275. The Morgan fingerprint density at radius 2 is 2.12 bits per heavy atom. The van der Waals surface area contributed by atoms with E-state index in [1.165, 1.54) is 0 Å². The van der Waals surface area contributed by atoms with Gasteiger partial charge in [-0.15, -0.1) is 0 Å². The summed E-state index contributed by atoms with van der Waals surface area (Å²) in [6.07, 6.45) is 1.04. The Morgan fingerprint density at radius 1 is 1.38 bits per heavy atom. The van der Waals surface area contributed by atoms with Crippen LogP contribution >= 0.6 is 0 Å². The molecule has 2 atom stereocenters. The van der Waals surface area contributed by atoms with Crippen LogP contribution in [0.25, 0.3) is 10.9 Å². The SMILES string of the molecule is COc1nc2ccccc2cc1C1CC1N. The number of pyridine rings is 1. The van der Waals surface area contributed by atoms with Crippen LogP contribution in [0, 0.1) is 0 Å². The van der Waals surface area contributed by atoms with E-state index in [0.717, 1.165) is 28.8 Å². The number of hydrogen-bond donors (Lipinski definition) is 1. The molecule has 0 amide bonds. The van der Waals surface area contributed by atoms with Crippen molar-refractivity contribution < 1.29 is 4.74 Å². The Labute approximate surface area is 94.2 Å². The van der Waals surface area contributed by atoms with Gasteiger partial charge in [0.05, 0.1) is 12.6 Å². The molecule has 0 spiro atoms. The first kappa shape index (κ1) is 9.60. The summed E-state index contributed by atoms with van der Waals surface area (Å²) in [7, 11) is 1.66. The van der Waals surface area contributed by atoms with Crippen molar-refractivity contribution in [1.29, 1.82) is 0 Å². The Bertz CT molecular complexity index is 538. The molecule has 3 nitrogen and oxygen atoms in total. The topological polar surface area (TPSA) is 48.1 Å². The van der Waals surface area contributed by atoms with E-state index in [1.807, 2.05) is 18.2 Å². The lowest BCUT2D eigenvalue weighted by atomic mass is 10.1. The second kappa shape index (κ2) is 3.46. The normalized spacial score (nSPS) is 23.4. The molecular weight excluding hydrogens is 200 g/mol. The molecular formula is C13H14N2O. The highest BCUT2D eigenvalue weighted by molar-refractivity contribution is 5.80. The molecule has 0 radical (unpaired) electrons. The summed E-state index contributed by atoms with van der Waals surface area (Å²) in [4.78, 5) is 4.51. The molecule has 2 unspecified atom stereocenters. The Kier molecular flexibility index (Phi) is 2.07. The highest BCUT2D eigenvalue weighted by Crippen LogP contribution is 2.43. The van der Waals surface area contributed by atoms with Gasteiger partial charge < -0.3 is 10.5 Å². The highest BCUT2D eigenvalue weighted by Gasteiger charge is 2.37. The zero-order valence-electron chi connectivity index (χ0n) is 9.18. The molecule has 16 heavy (non-hydrogen) atoms. The van der Waals surface area contributed by atoms with Gasteiger partial charge in [0, 0.05) is 22.9 Å². The molecule has 1 aliphatic carbocycles. The molecule has 1 aliphatic rings. The number of methoxy groups -OCH3 is 1. The Balaban J connectivity index is 2.18. The predicted molar refractivity (Wildman–Crippen MR) is 63.6 cm³/mol. The fraction of sp³-hybridized carbons (Fsp3) is 0.308. The summed E-state index contributed by atoms with van der Waals surface area (Å²) in [6, 6.07) is 10.5. The maximum absolute atomic E-state index is 5.88. The minimum absolute atomic E-state index is 0.275. The third-order valence-electron chi connectivity index (χ3n) is 3.15. The van der Waals surface area contributed by atoms with Gasteiger partial charge in [-0.25, -0.2) is 4.98 Å². The first-order valence-electron chi connectivity index (χ1n) is 5.49. The molecule has 0 aliphatic heterocycles. The second-order valence-corrected chi connectivity index (χ2v) is 4.29. The van der Waals surface area contributed by atoms with Gasteiger partial charge in [0.25, 0.3) is 0 Å². The van der Waals surface area contributed by atoms with Gasteiger partial charge in [-0.1, -0.05) is 18.2 Å². The van der Waals surface area contributed by atoms with Crippen LogP contribution in [-0.4, -0.2) is 18.1 Å². The molecule has 1 aromatic carbocycles. The van der Waals surface area contributed by atoms with E-state index < -0.39 is 0 Å². The molecule has 1 saturated carbocycles. The zero-order valence-corrected chi connectivity index (χ0v) is 9.18. The highest BCUT2D eigenvalue weighted by atomic mass is 16.5. The van der Waals surface area contributed by atoms with E-state index in [9.17, 15) is 0 Å². The van der Waals surface area contributed by atoms with Gasteiger partial charge in [0.2, 0.25) is 5.88 Å². The van der Waals surface area contributed by atoms with Crippen LogP contribution in [0.4, 0.5) is 0 Å². The van der Waals surface area contributed by atoms with E-state index in [0.29, 0.717) is 5.92 Å². The average molecular weight is 214 g/mol. The molecule has 1 aromatic heterocycles. The van der Waals surface area contributed by atoms with Crippen LogP contribution in [0.3, 0.4) is 0 Å². The lowest BCUT2D eigenvalue weighted by Gasteiger charge is -2.08. The quantitative estimate of drug-likeness (QED) is 0.832. The van der Waals surface area contributed by atoms with Gasteiger partial charge in [0.15, 0.2) is 0 Å². The van der Waals surface area contributed by atoms with Crippen LogP contribution in [0.1, 0.15) is 17.9 Å². The molecule has 0 saturated heterocycles. The number of rotatable bonds is 2. The van der Waals surface area contributed by atoms with Crippen molar-refractivity contribution in [3.05, 3.63) is 35.9 Å². The predicted octanol–water partition coefficient (Wildman–Crippen LogP) is 2.06. The number of hydrogen-bond acceptors (Lipinski definition) is 3. The summed E-state index contributed by atoms with van der Waals surface area (Å²) < 4.78 is 5.34. The second-order valence-electron chi connectivity index (χ2n) is 4.29. The lowest BCUT2D eigenvalue weighted by Crippen LogP contribution is -2.03. The van der Waals surface area contributed by atoms with Crippen molar-refractivity contribution in [2.24, 2.45) is 5.73 Å². The van der Waals surface area contributed by atoms with E-state index in [1.54, 1.807) is 7.11 Å². The average Bonchev–Trinajstić information content (AvgIpc) is 3.04. The van der Waals surface area contributed by atoms with E-state index in [-0.39, 0.29) is 6.04 Å². The molecule has 2 aromatic rings. The molecule has 1 heterocycles. The lowest BCUT2D eigenvalue weighted by molar-refractivity contribution is 0.394.